The second-order valence-corrected chi connectivity index (χ2v) is 1.51. The summed E-state index contributed by atoms with van der Waals surface area (Å²) in [5, 5.41) is 0. The van der Waals surface area contributed by atoms with Gasteiger partial charge in [-0.3, -0.25) is 4.79 Å². The molecule has 0 spiro atoms. The lowest BCUT2D eigenvalue weighted by Gasteiger charge is -1.74. The summed E-state index contributed by atoms with van der Waals surface area (Å²) in [5.74, 6) is 1.01. The Morgan fingerprint density at radius 3 is 2.62 bits per heavy atom. The van der Waals surface area contributed by atoms with E-state index in [-0.39, 0.29) is 5.76 Å². The van der Waals surface area contributed by atoms with Gasteiger partial charge in [-0.15, -0.1) is 0 Å². The van der Waals surface area contributed by atoms with E-state index in [1.54, 1.807) is 25.3 Å². The number of hydrogen-bond donors (Lipinski definition) is 0. The molecule has 1 heterocycles. The van der Waals surface area contributed by atoms with Crippen LogP contribution in [0.4, 0.5) is 0 Å². The van der Waals surface area contributed by atoms with Crippen LogP contribution >= 0.6 is 0 Å². The summed E-state index contributed by atoms with van der Waals surface area (Å²) in [4.78, 5) is 9.80. The summed E-state index contributed by atoms with van der Waals surface area (Å²) in [6, 6.07) is 3.31. The maximum Gasteiger partial charge on any atom is 0.271 e. The minimum atomic E-state index is 0.266. The largest absolute Gasteiger partial charge is 0.458 e. The summed E-state index contributed by atoms with van der Waals surface area (Å²) >= 11 is 0. The molecule has 0 fully saturated rings. The van der Waals surface area contributed by atoms with Crippen LogP contribution in [0.3, 0.4) is 0 Å². The van der Waals surface area contributed by atoms with Crippen molar-refractivity contribution < 1.29 is 9.21 Å². The van der Waals surface area contributed by atoms with E-state index in [0.717, 1.165) is 5.76 Å². The lowest BCUT2D eigenvalue weighted by atomic mass is 10.5. The van der Waals surface area contributed by atoms with Crippen molar-refractivity contribution in [1.82, 2.24) is 0 Å². The van der Waals surface area contributed by atoms with Crippen LogP contribution in [0, 0.1) is 6.92 Å². The minimum Gasteiger partial charge on any atom is -0.458 e. The molecular formula is C6H5O2. The molecule has 0 aliphatic rings. The summed E-state index contributed by atoms with van der Waals surface area (Å²) in [6.45, 7) is 1.78. The summed E-state index contributed by atoms with van der Waals surface area (Å²) in [6.07, 6.45) is 1.63. The molecule has 0 atom stereocenters. The molecule has 0 amide bonds. The first-order valence-corrected chi connectivity index (χ1v) is 2.27. The number of aryl methyl sites for hydroxylation is 1. The molecule has 0 N–H and O–H groups in total. The lowest BCUT2D eigenvalue weighted by Crippen LogP contribution is -1.67. The zero-order chi connectivity index (χ0) is 5.98. The number of carbonyl (C=O) groups excluding carboxylic acids is 1. The van der Waals surface area contributed by atoms with Crippen LogP contribution in [0.15, 0.2) is 16.5 Å². The summed E-state index contributed by atoms with van der Waals surface area (Å²) < 4.78 is 4.81. The molecule has 0 saturated heterocycles. The number of rotatable bonds is 1. The van der Waals surface area contributed by atoms with Crippen molar-refractivity contribution in [3.8, 4) is 0 Å². The molecular weight excluding hydrogens is 104 g/mol. The molecule has 0 unspecified atom stereocenters. The van der Waals surface area contributed by atoms with Gasteiger partial charge in [0.2, 0.25) is 0 Å². The van der Waals surface area contributed by atoms with Crippen molar-refractivity contribution in [3.05, 3.63) is 23.7 Å². The van der Waals surface area contributed by atoms with Crippen LogP contribution in [0.5, 0.6) is 0 Å². The number of furan rings is 1. The predicted octanol–water partition coefficient (Wildman–Crippen LogP) is 1.05. The molecule has 2 heteroatoms. The highest BCUT2D eigenvalue weighted by Gasteiger charge is 1.93. The lowest BCUT2D eigenvalue weighted by molar-refractivity contribution is 0.500. The molecule has 0 bridgehead atoms. The van der Waals surface area contributed by atoms with Crippen molar-refractivity contribution in [2.75, 3.05) is 0 Å². The van der Waals surface area contributed by atoms with E-state index < -0.39 is 0 Å². The third-order valence-electron chi connectivity index (χ3n) is 0.841. The van der Waals surface area contributed by atoms with Crippen molar-refractivity contribution in [2.45, 2.75) is 6.92 Å². The fraction of sp³-hybridized carbons (Fsp3) is 0.167. The van der Waals surface area contributed by atoms with Gasteiger partial charge in [0, 0.05) is 0 Å². The van der Waals surface area contributed by atoms with Gasteiger partial charge in [-0.2, -0.15) is 0 Å². The Labute approximate surface area is 47.1 Å². The van der Waals surface area contributed by atoms with Gasteiger partial charge >= 0.3 is 0 Å². The second kappa shape index (κ2) is 1.82. The zero-order valence-corrected chi connectivity index (χ0v) is 4.47. The average molecular weight is 109 g/mol. The van der Waals surface area contributed by atoms with Gasteiger partial charge < -0.3 is 4.42 Å². The van der Waals surface area contributed by atoms with Crippen molar-refractivity contribution in [2.24, 2.45) is 0 Å². The molecule has 1 rings (SSSR count). The average Bonchev–Trinajstić information content (AvgIpc) is 2.14. The van der Waals surface area contributed by atoms with Crippen molar-refractivity contribution in [1.29, 1.82) is 0 Å². The molecule has 2 nitrogen and oxygen atoms in total. The molecule has 0 aliphatic carbocycles. The van der Waals surface area contributed by atoms with Gasteiger partial charge in [0.05, 0.1) is 0 Å². The first kappa shape index (κ1) is 5.09. The maximum atomic E-state index is 9.80. The van der Waals surface area contributed by atoms with Gasteiger partial charge in [-0.25, -0.2) is 0 Å². The van der Waals surface area contributed by atoms with E-state index >= 15 is 0 Å². The Hall–Kier alpha value is -1.05. The quantitative estimate of drug-likeness (QED) is 0.539. The van der Waals surface area contributed by atoms with Crippen LogP contribution in [-0.2, 0) is 4.79 Å². The first-order chi connectivity index (χ1) is 3.83. The minimum absolute atomic E-state index is 0.266. The third kappa shape index (κ3) is 0.780. The monoisotopic (exact) mass is 109 g/mol. The number of hydrogen-bond acceptors (Lipinski definition) is 2. The molecule has 1 aromatic rings. The van der Waals surface area contributed by atoms with Crippen molar-refractivity contribution in [3.63, 3.8) is 0 Å². The van der Waals surface area contributed by atoms with Gasteiger partial charge in [-0.05, 0) is 19.1 Å². The molecule has 8 heavy (non-hydrogen) atoms. The molecule has 1 radical (unpaired) electrons. The molecule has 0 aliphatic heterocycles. The van der Waals surface area contributed by atoms with Crippen LogP contribution in [0.1, 0.15) is 11.5 Å². The van der Waals surface area contributed by atoms with E-state index in [4.69, 9.17) is 4.42 Å². The van der Waals surface area contributed by atoms with E-state index in [1.807, 2.05) is 0 Å². The molecule has 0 saturated carbocycles. The predicted molar refractivity (Wildman–Crippen MR) is 28.2 cm³/mol. The highest BCUT2D eigenvalue weighted by atomic mass is 16.3. The Morgan fingerprint density at radius 1 is 1.62 bits per heavy atom. The summed E-state index contributed by atoms with van der Waals surface area (Å²) in [7, 11) is 0. The highest BCUT2D eigenvalue weighted by Crippen LogP contribution is 2.01. The van der Waals surface area contributed by atoms with E-state index in [1.165, 1.54) is 0 Å². The smallest absolute Gasteiger partial charge is 0.271 e. The Kier molecular flexibility index (Phi) is 1.16. The molecule has 41 valence electrons. The topological polar surface area (TPSA) is 30.2 Å². The second-order valence-electron chi connectivity index (χ2n) is 1.51. The maximum absolute atomic E-state index is 9.80. The van der Waals surface area contributed by atoms with Gasteiger partial charge in [0.15, 0.2) is 5.76 Å². The fourth-order valence-electron chi connectivity index (χ4n) is 0.489. The first-order valence-electron chi connectivity index (χ1n) is 2.27. The molecule has 0 aromatic carbocycles. The molecule has 1 aromatic heterocycles. The van der Waals surface area contributed by atoms with Crippen LogP contribution in [0.2, 0.25) is 0 Å². The Bertz CT molecular complexity index is 188. The highest BCUT2D eigenvalue weighted by molar-refractivity contribution is 5.70. The van der Waals surface area contributed by atoms with E-state index in [0.29, 0.717) is 0 Å². The van der Waals surface area contributed by atoms with Crippen LogP contribution in [0.25, 0.3) is 0 Å². The van der Waals surface area contributed by atoms with Gasteiger partial charge in [0.1, 0.15) is 5.76 Å². The fourth-order valence-corrected chi connectivity index (χ4v) is 0.489. The van der Waals surface area contributed by atoms with E-state index in [2.05, 4.69) is 0 Å². The SMILES string of the molecule is Cc1ccc([C]=O)o1. The third-order valence-corrected chi connectivity index (χ3v) is 0.841. The van der Waals surface area contributed by atoms with Crippen LogP contribution in [-0.4, -0.2) is 6.29 Å². The summed E-state index contributed by atoms with van der Waals surface area (Å²) in [5.41, 5.74) is 0. The van der Waals surface area contributed by atoms with E-state index in [9.17, 15) is 4.79 Å². The Morgan fingerprint density at radius 2 is 2.38 bits per heavy atom. The normalized spacial score (nSPS) is 9.12. The van der Waals surface area contributed by atoms with Crippen molar-refractivity contribution >= 4 is 6.29 Å². The Balaban J connectivity index is 3.00. The standard InChI is InChI=1S/C6H5O2/c1-5-2-3-6(4-7)8-5/h2-3H,1H3. The van der Waals surface area contributed by atoms with Crippen LogP contribution < -0.4 is 0 Å². The zero-order valence-electron chi connectivity index (χ0n) is 4.47. The van der Waals surface area contributed by atoms with Gasteiger partial charge in [-0.1, -0.05) is 0 Å². The van der Waals surface area contributed by atoms with Gasteiger partial charge in [0.25, 0.3) is 6.29 Å².